The summed E-state index contributed by atoms with van der Waals surface area (Å²) in [5, 5.41) is 18.3. The van der Waals surface area contributed by atoms with E-state index < -0.39 is 5.97 Å². The molecule has 138 valence electrons. The van der Waals surface area contributed by atoms with Crippen molar-refractivity contribution in [2.75, 3.05) is 0 Å². The van der Waals surface area contributed by atoms with Gasteiger partial charge in [0.25, 0.3) is 0 Å². The molecule has 0 fully saturated rings. The van der Waals surface area contributed by atoms with Crippen LogP contribution in [0.4, 0.5) is 0 Å². The molecule has 1 aromatic heterocycles. The number of hydrogen-bond acceptors (Lipinski definition) is 3. The van der Waals surface area contributed by atoms with E-state index in [-0.39, 0.29) is 5.92 Å². The largest absolute Gasteiger partial charge is 0.481 e. The van der Waals surface area contributed by atoms with E-state index in [2.05, 4.69) is 29.7 Å². The van der Waals surface area contributed by atoms with Gasteiger partial charge in [-0.05, 0) is 55.2 Å². The van der Waals surface area contributed by atoms with Crippen molar-refractivity contribution in [1.82, 2.24) is 9.55 Å². The van der Waals surface area contributed by atoms with Crippen molar-refractivity contribution < 1.29 is 9.90 Å². The molecule has 0 bridgehead atoms. The molecule has 1 unspecified atom stereocenters. The Balaban J connectivity index is 1.96. The van der Waals surface area contributed by atoms with Crippen molar-refractivity contribution in [3.63, 3.8) is 0 Å². The zero-order valence-corrected chi connectivity index (χ0v) is 15.9. The fourth-order valence-electron chi connectivity index (χ4n) is 3.24. The lowest BCUT2D eigenvalue weighted by Crippen LogP contribution is -2.10. The number of nitriles is 1. The van der Waals surface area contributed by atoms with Crippen molar-refractivity contribution in [3.05, 3.63) is 58.9 Å². The predicted octanol–water partition coefficient (Wildman–Crippen LogP) is 4.42. The van der Waals surface area contributed by atoms with E-state index in [0.29, 0.717) is 12.0 Å². The van der Waals surface area contributed by atoms with Gasteiger partial charge in [0.15, 0.2) is 0 Å². The first-order valence-corrected chi connectivity index (χ1v) is 9.18. The highest BCUT2D eigenvalue weighted by molar-refractivity contribution is 5.81. The smallest absolute Gasteiger partial charge is 0.306 e. The maximum atomic E-state index is 11.0. The summed E-state index contributed by atoms with van der Waals surface area (Å²) in [6.45, 7) is 5.74. The quantitative estimate of drug-likeness (QED) is 0.705. The molecule has 0 saturated carbocycles. The Bertz CT molecular complexity index is 1030. The number of carbonyl (C=O) groups is 1. The Hall–Kier alpha value is -3.13. The first kappa shape index (κ1) is 18.7. The molecule has 5 nitrogen and oxygen atoms in total. The number of nitrogens with zero attached hydrogens (tertiary/aromatic N) is 3. The van der Waals surface area contributed by atoms with E-state index in [4.69, 9.17) is 10.1 Å². The van der Waals surface area contributed by atoms with Crippen LogP contribution < -0.4 is 0 Å². The minimum atomic E-state index is -0.754. The molecular formula is C22H23N3O2. The lowest BCUT2D eigenvalue weighted by molar-refractivity contribution is -0.141. The Morgan fingerprint density at radius 3 is 2.59 bits per heavy atom. The Labute approximate surface area is 158 Å². The van der Waals surface area contributed by atoms with Crippen molar-refractivity contribution in [1.29, 1.82) is 5.26 Å². The number of aliphatic carboxylic acids is 1. The van der Waals surface area contributed by atoms with Gasteiger partial charge in [0, 0.05) is 12.1 Å². The fraction of sp³-hybridized carbons (Fsp3) is 0.318. The summed E-state index contributed by atoms with van der Waals surface area (Å²) in [6, 6.07) is 14.3. The minimum absolute atomic E-state index is 0.341. The molecule has 0 radical (unpaired) electrons. The Kier molecular flexibility index (Phi) is 5.27. The Morgan fingerprint density at radius 1 is 1.30 bits per heavy atom. The third kappa shape index (κ3) is 3.70. The van der Waals surface area contributed by atoms with Gasteiger partial charge in [0.05, 0.1) is 28.6 Å². The molecule has 2 aromatic carbocycles. The van der Waals surface area contributed by atoms with Crippen molar-refractivity contribution >= 4 is 17.0 Å². The van der Waals surface area contributed by atoms with E-state index >= 15 is 0 Å². The molecule has 0 aliphatic carbocycles. The standard InChI is InChI=1S/C22H23N3O2/c1-4-21-24-19-12-17(13-23)15(3)11-20(19)25(21)18-9-7-16(8-10-18)6-5-14(2)22(26)27/h7-12,14H,4-6H2,1-3H3,(H,26,27). The molecule has 0 aliphatic rings. The average Bonchev–Trinajstić information content (AvgIpc) is 3.02. The highest BCUT2D eigenvalue weighted by Gasteiger charge is 2.14. The number of imidazole rings is 1. The monoisotopic (exact) mass is 361 g/mol. The van der Waals surface area contributed by atoms with Gasteiger partial charge in [-0.2, -0.15) is 5.26 Å². The molecule has 5 heteroatoms. The highest BCUT2D eigenvalue weighted by atomic mass is 16.4. The van der Waals surface area contributed by atoms with Gasteiger partial charge in [-0.1, -0.05) is 26.0 Å². The summed E-state index contributed by atoms with van der Waals surface area (Å²) in [5.41, 5.74) is 5.56. The molecular weight excluding hydrogens is 338 g/mol. The second-order valence-corrected chi connectivity index (χ2v) is 6.93. The van der Waals surface area contributed by atoms with Crippen molar-refractivity contribution in [2.45, 2.75) is 40.0 Å². The van der Waals surface area contributed by atoms with Crippen molar-refractivity contribution in [3.8, 4) is 11.8 Å². The summed E-state index contributed by atoms with van der Waals surface area (Å²) in [5.74, 6) is -0.144. The fourth-order valence-corrected chi connectivity index (χ4v) is 3.24. The van der Waals surface area contributed by atoms with Crippen LogP contribution in [-0.2, 0) is 17.6 Å². The number of carboxylic acid groups (broad SMARTS) is 1. The van der Waals surface area contributed by atoms with Crippen LogP contribution in [-0.4, -0.2) is 20.6 Å². The first-order valence-electron chi connectivity index (χ1n) is 9.18. The second-order valence-electron chi connectivity index (χ2n) is 6.93. The third-order valence-corrected chi connectivity index (χ3v) is 4.99. The number of benzene rings is 2. The van der Waals surface area contributed by atoms with Crippen molar-refractivity contribution in [2.24, 2.45) is 5.92 Å². The molecule has 3 rings (SSSR count). The molecule has 1 atom stereocenters. The molecule has 0 saturated heterocycles. The lowest BCUT2D eigenvalue weighted by atomic mass is 10.0. The zero-order chi connectivity index (χ0) is 19.6. The molecule has 1 heterocycles. The number of aromatic nitrogens is 2. The van der Waals surface area contributed by atoms with Crippen LogP contribution >= 0.6 is 0 Å². The van der Waals surface area contributed by atoms with E-state index in [1.165, 1.54) is 0 Å². The molecule has 0 spiro atoms. The van der Waals surface area contributed by atoms with Gasteiger partial charge in [-0.3, -0.25) is 9.36 Å². The van der Waals surface area contributed by atoms with Crippen LogP contribution in [0.5, 0.6) is 0 Å². The number of aryl methyl sites for hydroxylation is 3. The van der Waals surface area contributed by atoms with Crippen LogP contribution in [0.25, 0.3) is 16.7 Å². The summed E-state index contributed by atoms with van der Waals surface area (Å²) in [6.07, 6.45) is 2.15. The van der Waals surface area contributed by atoms with Crippen LogP contribution in [0, 0.1) is 24.2 Å². The highest BCUT2D eigenvalue weighted by Crippen LogP contribution is 2.25. The van der Waals surface area contributed by atoms with Gasteiger partial charge in [0.2, 0.25) is 0 Å². The van der Waals surface area contributed by atoms with E-state index in [1.54, 1.807) is 6.92 Å². The maximum Gasteiger partial charge on any atom is 0.306 e. The molecule has 1 N–H and O–H groups in total. The lowest BCUT2D eigenvalue weighted by Gasteiger charge is -2.11. The van der Waals surface area contributed by atoms with Gasteiger partial charge >= 0.3 is 5.97 Å². The molecule has 0 amide bonds. The van der Waals surface area contributed by atoms with Crippen LogP contribution in [0.2, 0.25) is 0 Å². The number of fused-ring (bicyclic) bond motifs is 1. The van der Waals surface area contributed by atoms with Crippen LogP contribution in [0.15, 0.2) is 36.4 Å². The summed E-state index contributed by atoms with van der Waals surface area (Å²) >= 11 is 0. The minimum Gasteiger partial charge on any atom is -0.481 e. The van der Waals surface area contributed by atoms with Crippen LogP contribution in [0.1, 0.15) is 42.8 Å². The topological polar surface area (TPSA) is 78.9 Å². The molecule has 3 aromatic rings. The normalized spacial score (nSPS) is 12.1. The van der Waals surface area contributed by atoms with E-state index in [0.717, 1.165) is 46.5 Å². The van der Waals surface area contributed by atoms with Gasteiger partial charge < -0.3 is 5.11 Å². The summed E-state index contributed by atoms with van der Waals surface area (Å²) in [4.78, 5) is 15.7. The van der Waals surface area contributed by atoms with Crippen LogP contribution in [0.3, 0.4) is 0 Å². The second kappa shape index (κ2) is 7.63. The summed E-state index contributed by atoms with van der Waals surface area (Å²) < 4.78 is 2.13. The first-order chi connectivity index (χ1) is 12.9. The van der Waals surface area contributed by atoms with Gasteiger partial charge in [-0.15, -0.1) is 0 Å². The van der Waals surface area contributed by atoms with Gasteiger partial charge in [0.1, 0.15) is 5.82 Å². The number of rotatable bonds is 6. The molecule has 0 aliphatic heterocycles. The molecule has 27 heavy (non-hydrogen) atoms. The van der Waals surface area contributed by atoms with Gasteiger partial charge in [-0.25, -0.2) is 4.98 Å². The maximum absolute atomic E-state index is 11.0. The summed E-state index contributed by atoms with van der Waals surface area (Å²) in [7, 11) is 0. The average molecular weight is 361 g/mol. The van der Waals surface area contributed by atoms with E-state index in [1.807, 2.05) is 31.2 Å². The number of carboxylic acids is 1. The van der Waals surface area contributed by atoms with E-state index in [9.17, 15) is 10.1 Å². The Morgan fingerprint density at radius 2 is 2.00 bits per heavy atom. The SMILES string of the molecule is CCc1nc2cc(C#N)c(C)cc2n1-c1ccc(CCC(C)C(=O)O)cc1. The predicted molar refractivity (Wildman–Crippen MR) is 105 cm³/mol. The third-order valence-electron chi connectivity index (χ3n) is 4.99. The zero-order valence-electron chi connectivity index (χ0n) is 15.9. The number of hydrogen-bond donors (Lipinski definition) is 1.